The molecule has 3 N–H and O–H groups in total. The Morgan fingerprint density at radius 1 is 1.07 bits per heavy atom. The van der Waals surface area contributed by atoms with Crippen LogP contribution in [0, 0.1) is 0 Å². The molecule has 0 spiro atoms. The van der Waals surface area contributed by atoms with Gasteiger partial charge in [-0.1, -0.05) is 30.3 Å². The Balaban J connectivity index is 1.46. The molecule has 2 aromatic carbocycles. The second-order valence-corrected chi connectivity index (χ2v) is 10.3. The Labute approximate surface area is 235 Å². The Morgan fingerprint density at radius 2 is 1.85 bits per heavy atom. The van der Waals surface area contributed by atoms with Crippen molar-refractivity contribution in [1.82, 2.24) is 25.0 Å². The van der Waals surface area contributed by atoms with Gasteiger partial charge in [0.1, 0.15) is 0 Å². The summed E-state index contributed by atoms with van der Waals surface area (Å²) in [7, 11) is 4.08. The molecule has 0 saturated carbocycles. The van der Waals surface area contributed by atoms with Gasteiger partial charge in [0.05, 0.1) is 16.8 Å². The molecule has 4 rings (SSSR count). The van der Waals surface area contributed by atoms with Crippen LogP contribution in [-0.2, 0) is 4.79 Å². The van der Waals surface area contributed by atoms with Crippen molar-refractivity contribution in [1.29, 1.82) is 0 Å². The van der Waals surface area contributed by atoms with Gasteiger partial charge in [-0.3, -0.25) is 19.4 Å². The maximum atomic E-state index is 13.4. The minimum absolute atomic E-state index is 0.0688. The first-order chi connectivity index (χ1) is 19.3. The van der Waals surface area contributed by atoms with Gasteiger partial charge < -0.3 is 30.3 Å². The Hall–Kier alpha value is -4.18. The number of H-pyrrole nitrogens is 1. The van der Waals surface area contributed by atoms with E-state index in [-0.39, 0.29) is 11.9 Å². The SMILES string of the molecule is CCNC(=NCCCN(C)C)Nc1cccc2c(C(=O)C(=O)N3CCN(C(=O)c4ccccc4)CC3C)c[nH]c12. The second-order valence-electron chi connectivity index (χ2n) is 10.3. The molecular weight excluding hydrogens is 506 g/mol. The van der Waals surface area contributed by atoms with Crippen LogP contribution in [0.1, 0.15) is 41.0 Å². The van der Waals surface area contributed by atoms with Gasteiger partial charge in [0.2, 0.25) is 0 Å². The van der Waals surface area contributed by atoms with Crippen molar-refractivity contribution < 1.29 is 14.4 Å². The highest BCUT2D eigenvalue weighted by molar-refractivity contribution is 6.45. The number of nitrogens with one attached hydrogen (secondary N) is 3. The lowest BCUT2D eigenvalue weighted by atomic mass is 10.1. The highest BCUT2D eigenvalue weighted by Gasteiger charge is 2.34. The highest BCUT2D eigenvalue weighted by Crippen LogP contribution is 2.27. The molecule has 212 valence electrons. The Morgan fingerprint density at radius 3 is 2.55 bits per heavy atom. The van der Waals surface area contributed by atoms with Crippen molar-refractivity contribution in [2.24, 2.45) is 4.99 Å². The quantitative estimate of drug-likeness (QED) is 0.125. The summed E-state index contributed by atoms with van der Waals surface area (Å²) in [6.45, 7) is 7.26. The molecule has 1 aliphatic heterocycles. The summed E-state index contributed by atoms with van der Waals surface area (Å²) in [5.74, 6) is -0.540. The zero-order valence-corrected chi connectivity index (χ0v) is 23.7. The summed E-state index contributed by atoms with van der Waals surface area (Å²) in [5.41, 5.74) is 2.43. The number of hydrogen-bond donors (Lipinski definition) is 3. The average molecular weight is 546 g/mol. The second kappa shape index (κ2) is 13.3. The number of Topliss-reactive ketones (excluding diaryl/α,β-unsaturated/α-hetero) is 1. The third kappa shape index (κ3) is 6.69. The van der Waals surface area contributed by atoms with Crippen LogP contribution < -0.4 is 10.6 Å². The summed E-state index contributed by atoms with van der Waals surface area (Å²) in [5, 5.41) is 7.26. The zero-order valence-electron chi connectivity index (χ0n) is 23.7. The van der Waals surface area contributed by atoms with E-state index in [0.717, 1.165) is 24.2 Å². The number of para-hydroxylation sites is 1. The molecule has 1 aliphatic rings. The van der Waals surface area contributed by atoms with Crippen molar-refractivity contribution in [2.45, 2.75) is 26.3 Å². The van der Waals surface area contributed by atoms with E-state index < -0.39 is 11.7 Å². The van der Waals surface area contributed by atoms with Crippen molar-refractivity contribution in [3.63, 3.8) is 0 Å². The number of ketones is 1. The summed E-state index contributed by atoms with van der Waals surface area (Å²) in [4.78, 5) is 52.9. The average Bonchev–Trinajstić information content (AvgIpc) is 3.39. The largest absolute Gasteiger partial charge is 0.359 e. The number of rotatable bonds is 9. The molecule has 10 nitrogen and oxygen atoms in total. The maximum Gasteiger partial charge on any atom is 0.295 e. The smallest absolute Gasteiger partial charge is 0.295 e. The number of benzene rings is 2. The van der Waals surface area contributed by atoms with Crippen LogP contribution in [0.3, 0.4) is 0 Å². The molecule has 0 aliphatic carbocycles. The number of aliphatic imine (C=N–C) groups is 1. The number of carbonyl (C=O) groups excluding carboxylic acids is 3. The van der Waals surface area contributed by atoms with Crippen LogP contribution in [0.4, 0.5) is 5.69 Å². The number of aromatic nitrogens is 1. The molecular formula is C30H39N7O3. The van der Waals surface area contributed by atoms with Crippen molar-refractivity contribution in [3.05, 3.63) is 65.9 Å². The predicted molar refractivity (Wildman–Crippen MR) is 159 cm³/mol. The summed E-state index contributed by atoms with van der Waals surface area (Å²) < 4.78 is 0. The van der Waals surface area contributed by atoms with E-state index in [1.165, 1.54) is 0 Å². The molecule has 2 amide bonds. The molecule has 0 radical (unpaired) electrons. The lowest BCUT2D eigenvalue weighted by Crippen LogP contribution is -2.56. The van der Waals surface area contributed by atoms with Crippen molar-refractivity contribution in [3.8, 4) is 0 Å². The third-order valence-corrected chi connectivity index (χ3v) is 6.98. The van der Waals surface area contributed by atoms with E-state index in [1.807, 2.05) is 64.3 Å². The number of fused-ring (bicyclic) bond motifs is 1. The lowest BCUT2D eigenvalue weighted by Gasteiger charge is -2.39. The Bertz CT molecular complexity index is 1370. The normalized spacial score (nSPS) is 15.9. The van der Waals surface area contributed by atoms with Gasteiger partial charge in [-0.25, -0.2) is 0 Å². The molecule has 10 heteroatoms. The molecule has 40 heavy (non-hydrogen) atoms. The van der Waals surface area contributed by atoms with E-state index in [9.17, 15) is 14.4 Å². The van der Waals surface area contributed by atoms with Gasteiger partial charge in [-0.15, -0.1) is 0 Å². The Kier molecular flexibility index (Phi) is 9.55. The topological polar surface area (TPSA) is 113 Å². The number of anilines is 1. The summed E-state index contributed by atoms with van der Waals surface area (Å²) in [6.07, 6.45) is 2.53. The van der Waals surface area contributed by atoms with Gasteiger partial charge in [0.15, 0.2) is 5.96 Å². The van der Waals surface area contributed by atoms with Crippen molar-refractivity contribution in [2.75, 3.05) is 58.7 Å². The molecule has 1 unspecified atom stereocenters. The van der Waals surface area contributed by atoms with E-state index in [0.29, 0.717) is 55.2 Å². The molecule has 3 aromatic rings. The van der Waals surface area contributed by atoms with E-state index in [2.05, 4.69) is 25.5 Å². The first kappa shape index (κ1) is 28.8. The van der Waals surface area contributed by atoms with Gasteiger partial charge in [0, 0.05) is 55.9 Å². The molecule has 1 saturated heterocycles. The number of piperazine rings is 1. The summed E-state index contributed by atoms with van der Waals surface area (Å²) in [6, 6.07) is 14.4. The van der Waals surface area contributed by atoms with Crippen LogP contribution >= 0.6 is 0 Å². The standard InChI is InChI=1S/C30H39N7O3/c1-5-31-30(32-15-10-16-35(3)4)34-25-14-9-13-23-24(19-33-26(23)25)27(38)29(40)37-18-17-36(20-21(37)2)28(39)22-11-7-6-8-12-22/h6-9,11-14,19,21,33H,5,10,15-18,20H2,1-4H3,(H2,31,32,34). The number of hydrogen-bond acceptors (Lipinski definition) is 5. The molecule has 1 fully saturated rings. The van der Waals surface area contributed by atoms with Gasteiger partial charge in [0.25, 0.3) is 17.6 Å². The fourth-order valence-electron chi connectivity index (χ4n) is 4.91. The minimum Gasteiger partial charge on any atom is -0.359 e. The lowest BCUT2D eigenvalue weighted by molar-refractivity contribution is -0.130. The number of aromatic amines is 1. The van der Waals surface area contributed by atoms with Crippen LogP contribution in [0.25, 0.3) is 10.9 Å². The maximum absolute atomic E-state index is 13.4. The monoisotopic (exact) mass is 545 g/mol. The number of amides is 2. The van der Waals surface area contributed by atoms with Crippen molar-refractivity contribution >= 4 is 40.1 Å². The summed E-state index contributed by atoms with van der Waals surface area (Å²) >= 11 is 0. The fraction of sp³-hybridized carbons (Fsp3) is 0.400. The van der Waals surface area contributed by atoms with E-state index in [1.54, 1.807) is 28.1 Å². The van der Waals surface area contributed by atoms with Crippen LogP contribution in [-0.4, -0.2) is 103 Å². The predicted octanol–water partition coefficient (Wildman–Crippen LogP) is 3.05. The van der Waals surface area contributed by atoms with Crippen LogP contribution in [0.5, 0.6) is 0 Å². The highest BCUT2D eigenvalue weighted by atomic mass is 16.2. The number of guanidine groups is 1. The number of nitrogens with zero attached hydrogens (tertiary/aromatic N) is 4. The third-order valence-electron chi connectivity index (χ3n) is 6.98. The van der Waals surface area contributed by atoms with Crippen LogP contribution in [0.15, 0.2) is 59.7 Å². The first-order valence-corrected chi connectivity index (χ1v) is 13.8. The van der Waals surface area contributed by atoms with E-state index >= 15 is 0 Å². The fourth-order valence-corrected chi connectivity index (χ4v) is 4.91. The van der Waals surface area contributed by atoms with Gasteiger partial charge >= 0.3 is 0 Å². The molecule has 2 heterocycles. The minimum atomic E-state index is -0.567. The van der Waals surface area contributed by atoms with Gasteiger partial charge in [-0.05, 0) is 59.1 Å². The zero-order chi connectivity index (χ0) is 28.6. The number of carbonyl (C=O) groups is 3. The van der Waals surface area contributed by atoms with Gasteiger partial charge in [-0.2, -0.15) is 0 Å². The molecule has 1 atom stereocenters. The van der Waals surface area contributed by atoms with Crippen LogP contribution in [0.2, 0.25) is 0 Å². The first-order valence-electron chi connectivity index (χ1n) is 13.8. The van der Waals surface area contributed by atoms with E-state index in [4.69, 9.17) is 0 Å². The molecule has 0 bridgehead atoms. The molecule has 1 aromatic heterocycles.